The number of aromatic nitrogens is 1. The molecule has 1 saturated heterocycles. The van der Waals surface area contributed by atoms with E-state index < -0.39 is 10.0 Å². The van der Waals surface area contributed by atoms with Gasteiger partial charge in [0.15, 0.2) is 0 Å². The smallest absolute Gasteiger partial charge is 0.239 e. The summed E-state index contributed by atoms with van der Waals surface area (Å²) in [6, 6.07) is 2.94. The topological polar surface area (TPSA) is 125 Å². The minimum atomic E-state index is -3.90. The summed E-state index contributed by atoms with van der Waals surface area (Å²) in [5, 5.41) is 14.0. The Bertz CT molecular complexity index is 619. The number of primary sulfonamides is 1. The van der Waals surface area contributed by atoms with Crippen LogP contribution in [0.5, 0.6) is 5.88 Å². The van der Waals surface area contributed by atoms with Crippen molar-refractivity contribution < 1.29 is 22.6 Å². The Balaban J connectivity index is 2.10. The predicted molar refractivity (Wildman–Crippen MR) is 66.4 cm³/mol. The van der Waals surface area contributed by atoms with Crippen LogP contribution in [-0.4, -0.2) is 45.9 Å². The van der Waals surface area contributed by atoms with Gasteiger partial charge in [0.2, 0.25) is 15.9 Å². The van der Waals surface area contributed by atoms with Crippen LogP contribution in [0.15, 0.2) is 17.2 Å². The zero-order valence-corrected chi connectivity index (χ0v) is 11.3. The molecule has 0 radical (unpaired) electrons. The molecule has 0 bridgehead atoms. The van der Waals surface area contributed by atoms with Crippen LogP contribution in [0.25, 0.3) is 0 Å². The van der Waals surface area contributed by atoms with Gasteiger partial charge < -0.3 is 14.2 Å². The maximum atomic E-state index is 11.2. The van der Waals surface area contributed by atoms with E-state index in [-0.39, 0.29) is 29.0 Å². The molecular formula is C11H13N3O5S. The van der Waals surface area contributed by atoms with E-state index in [1.165, 1.54) is 0 Å². The molecule has 0 saturated carbocycles. The fourth-order valence-electron chi connectivity index (χ4n) is 1.59. The van der Waals surface area contributed by atoms with Gasteiger partial charge in [0, 0.05) is 0 Å². The van der Waals surface area contributed by atoms with Crippen LogP contribution in [-0.2, 0) is 19.5 Å². The van der Waals surface area contributed by atoms with Crippen LogP contribution in [0.2, 0.25) is 0 Å². The first-order valence-corrected chi connectivity index (χ1v) is 7.30. The molecule has 20 heavy (non-hydrogen) atoms. The van der Waals surface area contributed by atoms with E-state index in [4.69, 9.17) is 24.6 Å². The lowest BCUT2D eigenvalue weighted by Crippen LogP contribution is -2.33. The average molecular weight is 299 g/mol. The van der Waals surface area contributed by atoms with Gasteiger partial charge in [-0.25, -0.2) is 18.5 Å². The monoisotopic (exact) mass is 299 g/mol. The SMILES string of the molecule is N#Cc1cc(S(N)(=O)=O)cnc1OCC1COCCO1. The van der Waals surface area contributed by atoms with Crippen LogP contribution >= 0.6 is 0 Å². The lowest BCUT2D eigenvalue weighted by molar-refractivity contribution is -0.102. The van der Waals surface area contributed by atoms with Crippen LogP contribution in [0.3, 0.4) is 0 Å². The van der Waals surface area contributed by atoms with E-state index in [1.807, 2.05) is 6.07 Å². The van der Waals surface area contributed by atoms with E-state index in [1.54, 1.807) is 0 Å². The summed E-state index contributed by atoms with van der Waals surface area (Å²) >= 11 is 0. The quantitative estimate of drug-likeness (QED) is 0.786. The Morgan fingerprint density at radius 3 is 2.95 bits per heavy atom. The summed E-state index contributed by atoms with van der Waals surface area (Å²) in [6.07, 6.45) is 0.805. The van der Waals surface area contributed by atoms with Crippen molar-refractivity contribution in [3.8, 4) is 11.9 Å². The lowest BCUT2D eigenvalue weighted by Gasteiger charge is -2.22. The molecule has 1 atom stereocenters. The third-order valence-corrected chi connectivity index (χ3v) is 3.45. The Morgan fingerprint density at radius 1 is 1.55 bits per heavy atom. The zero-order chi connectivity index (χ0) is 14.6. The van der Waals surface area contributed by atoms with Crippen molar-refractivity contribution in [2.75, 3.05) is 26.4 Å². The molecule has 1 unspecified atom stereocenters. The standard InChI is InChI=1S/C11H13N3O5S/c12-4-8-3-10(20(13,15)16)5-14-11(8)19-7-9-6-17-1-2-18-9/h3,5,9H,1-2,6-7H2,(H2,13,15,16). The molecule has 2 heterocycles. The fourth-order valence-corrected chi connectivity index (χ4v) is 2.07. The summed E-state index contributed by atoms with van der Waals surface area (Å²) in [5.74, 6) is 0.0362. The molecule has 1 fully saturated rings. The summed E-state index contributed by atoms with van der Waals surface area (Å²) in [6.45, 7) is 1.59. The van der Waals surface area contributed by atoms with Gasteiger partial charge in [-0.15, -0.1) is 0 Å². The van der Waals surface area contributed by atoms with Crippen LogP contribution in [0, 0.1) is 11.3 Å². The molecular weight excluding hydrogens is 286 g/mol. The minimum absolute atomic E-state index is 0.00625. The van der Waals surface area contributed by atoms with Crippen molar-refractivity contribution in [1.82, 2.24) is 4.98 Å². The predicted octanol–water partition coefficient (Wildman–Crippen LogP) is -0.605. The first-order valence-electron chi connectivity index (χ1n) is 5.76. The molecule has 2 N–H and O–H groups in total. The molecule has 8 nitrogen and oxygen atoms in total. The highest BCUT2D eigenvalue weighted by Crippen LogP contribution is 2.18. The van der Waals surface area contributed by atoms with Crippen molar-refractivity contribution in [3.05, 3.63) is 17.8 Å². The zero-order valence-electron chi connectivity index (χ0n) is 10.5. The van der Waals surface area contributed by atoms with Gasteiger partial charge in [0.05, 0.1) is 26.0 Å². The maximum absolute atomic E-state index is 11.2. The van der Waals surface area contributed by atoms with E-state index >= 15 is 0 Å². The highest BCUT2D eigenvalue weighted by Gasteiger charge is 2.18. The van der Waals surface area contributed by atoms with Gasteiger partial charge in [0.1, 0.15) is 29.2 Å². The maximum Gasteiger partial charge on any atom is 0.239 e. The number of pyridine rings is 1. The summed E-state index contributed by atoms with van der Waals surface area (Å²) in [4.78, 5) is 3.56. The number of rotatable bonds is 4. The third kappa shape index (κ3) is 3.64. The van der Waals surface area contributed by atoms with Crippen LogP contribution in [0.1, 0.15) is 5.56 Å². The summed E-state index contributed by atoms with van der Waals surface area (Å²) < 4.78 is 38.3. The molecule has 0 amide bonds. The molecule has 1 aliphatic rings. The highest BCUT2D eigenvalue weighted by atomic mass is 32.2. The molecule has 2 rings (SSSR count). The van der Waals surface area contributed by atoms with E-state index in [0.29, 0.717) is 19.8 Å². The molecule has 108 valence electrons. The van der Waals surface area contributed by atoms with Gasteiger partial charge in [-0.2, -0.15) is 5.26 Å². The first-order chi connectivity index (χ1) is 9.50. The molecule has 1 aromatic heterocycles. The van der Waals surface area contributed by atoms with Crippen molar-refractivity contribution in [2.24, 2.45) is 5.14 Å². The average Bonchev–Trinajstić information content (AvgIpc) is 2.45. The number of sulfonamides is 1. The molecule has 1 aliphatic heterocycles. The van der Waals surface area contributed by atoms with E-state index in [2.05, 4.69) is 4.98 Å². The van der Waals surface area contributed by atoms with Gasteiger partial charge in [-0.1, -0.05) is 0 Å². The van der Waals surface area contributed by atoms with Gasteiger partial charge in [-0.05, 0) is 6.07 Å². The highest BCUT2D eigenvalue weighted by molar-refractivity contribution is 7.89. The number of nitrogens with zero attached hydrogens (tertiary/aromatic N) is 2. The van der Waals surface area contributed by atoms with Crippen LogP contribution in [0.4, 0.5) is 0 Å². The number of hydrogen-bond donors (Lipinski definition) is 1. The van der Waals surface area contributed by atoms with Gasteiger partial charge in [0.25, 0.3) is 0 Å². The number of nitrogens with two attached hydrogens (primary N) is 1. The number of nitriles is 1. The second-order valence-corrected chi connectivity index (χ2v) is 5.62. The minimum Gasteiger partial charge on any atom is -0.474 e. The van der Waals surface area contributed by atoms with Gasteiger partial charge in [-0.3, -0.25) is 0 Å². The summed E-state index contributed by atoms with van der Waals surface area (Å²) in [5.41, 5.74) is -0.00625. The second kappa shape index (κ2) is 6.15. The normalized spacial score (nSPS) is 19.3. The molecule has 1 aromatic rings. The van der Waals surface area contributed by atoms with E-state index in [0.717, 1.165) is 12.3 Å². The second-order valence-electron chi connectivity index (χ2n) is 4.06. The van der Waals surface area contributed by atoms with Crippen molar-refractivity contribution in [3.63, 3.8) is 0 Å². The van der Waals surface area contributed by atoms with Crippen LogP contribution < -0.4 is 9.88 Å². The Morgan fingerprint density at radius 2 is 2.35 bits per heavy atom. The van der Waals surface area contributed by atoms with E-state index in [9.17, 15) is 8.42 Å². The Kier molecular flexibility index (Phi) is 4.51. The first kappa shape index (κ1) is 14.7. The Hall–Kier alpha value is -1.73. The molecule has 9 heteroatoms. The number of ether oxygens (including phenoxy) is 3. The summed E-state index contributed by atoms with van der Waals surface area (Å²) in [7, 11) is -3.90. The van der Waals surface area contributed by atoms with Crippen molar-refractivity contribution in [2.45, 2.75) is 11.0 Å². The molecule has 0 aromatic carbocycles. The van der Waals surface area contributed by atoms with Crippen molar-refractivity contribution in [1.29, 1.82) is 5.26 Å². The third-order valence-electron chi connectivity index (χ3n) is 2.57. The number of hydrogen-bond acceptors (Lipinski definition) is 7. The molecule has 0 spiro atoms. The van der Waals surface area contributed by atoms with Gasteiger partial charge >= 0.3 is 0 Å². The largest absolute Gasteiger partial charge is 0.474 e. The lowest BCUT2D eigenvalue weighted by atomic mass is 10.3. The molecule has 0 aliphatic carbocycles. The Labute approximate surface area is 116 Å². The van der Waals surface area contributed by atoms with Crippen molar-refractivity contribution >= 4 is 10.0 Å². The fraction of sp³-hybridized carbons (Fsp3) is 0.455.